The third kappa shape index (κ3) is 4.63. The van der Waals surface area contributed by atoms with Gasteiger partial charge in [0.2, 0.25) is 5.95 Å². The monoisotopic (exact) mass is 466 g/mol. The summed E-state index contributed by atoms with van der Waals surface area (Å²) in [5, 5.41) is 12.4. The van der Waals surface area contributed by atoms with Crippen LogP contribution in [0.25, 0.3) is 0 Å². The van der Waals surface area contributed by atoms with Crippen molar-refractivity contribution in [2.75, 3.05) is 24.5 Å². The normalized spacial score (nSPS) is 22.5. The average molecular weight is 467 g/mol. The van der Waals surface area contributed by atoms with Crippen molar-refractivity contribution in [2.24, 2.45) is 5.92 Å². The highest BCUT2D eigenvalue weighted by Gasteiger charge is 2.55. The van der Waals surface area contributed by atoms with Crippen LogP contribution < -0.4 is 4.90 Å². The number of hydrogen-bond donors (Lipinski definition) is 1. The second kappa shape index (κ2) is 9.17. The minimum atomic E-state index is -1.46. The third-order valence-electron chi connectivity index (χ3n) is 6.90. The number of aromatic nitrogens is 2. The molecule has 7 heteroatoms. The van der Waals surface area contributed by atoms with E-state index in [-0.39, 0.29) is 5.92 Å². The molecule has 34 heavy (non-hydrogen) atoms. The Hall–Kier alpha value is -2.67. The lowest BCUT2D eigenvalue weighted by Gasteiger charge is -2.54. The van der Waals surface area contributed by atoms with E-state index in [1.807, 2.05) is 45.0 Å². The van der Waals surface area contributed by atoms with Gasteiger partial charge in [-0.25, -0.2) is 14.8 Å². The molecular weight excluding hydrogens is 428 g/mol. The first-order valence-corrected chi connectivity index (χ1v) is 12.4. The Morgan fingerprint density at radius 2 is 1.65 bits per heavy atom. The molecule has 2 fully saturated rings. The number of carbonyl (C=O) groups is 1. The van der Waals surface area contributed by atoms with Gasteiger partial charge in [-0.15, -0.1) is 0 Å². The number of aliphatic hydroxyl groups is 1. The van der Waals surface area contributed by atoms with Gasteiger partial charge in [0.25, 0.3) is 0 Å². The molecule has 1 aromatic carbocycles. The van der Waals surface area contributed by atoms with Crippen LogP contribution in [-0.4, -0.2) is 57.3 Å². The van der Waals surface area contributed by atoms with Crippen LogP contribution in [0.4, 0.5) is 10.7 Å². The molecule has 3 unspecified atom stereocenters. The first kappa shape index (κ1) is 24.5. The predicted octanol–water partition coefficient (Wildman–Crippen LogP) is 4.69. The number of likely N-dealkylation sites (tertiary alicyclic amines) is 1. The fourth-order valence-electron chi connectivity index (χ4n) is 5.07. The van der Waals surface area contributed by atoms with Crippen LogP contribution in [-0.2, 0) is 10.3 Å². The van der Waals surface area contributed by atoms with Gasteiger partial charge in [0.1, 0.15) is 11.2 Å². The van der Waals surface area contributed by atoms with Crippen LogP contribution in [0, 0.1) is 5.92 Å². The molecular formula is C27H38N4O3. The second-order valence-electron chi connectivity index (χ2n) is 11.1. The molecule has 0 bridgehead atoms. The first-order chi connectivity index (χ1) is 16.0. The van der Waals surface area contributed by atoms with E-state index in [0.717, 1.165) is 31.5 Å². The minimum absolute atomic E-state index is 0.0700. The summed E-state index contributed by atoms with van der Waals surface area (Å²) in [5.74, 6) is 1.14. The van der Waals surface area contributed by atoms with Crippen molar-refractivity contribution in [3.63, 3.8) is 0 Å². The summed E-state index contributed by atoms with van der Waals surface area (Å²) in [4.78, 5) is 26.1. The number of carbonyl (C=O) groups excluding carboxylic acids is 1. The molecule has 2 aliphatic heterocycles. The van der Waals surface area contributed by atoms with E-state index in [2.05, 4.69) is 35.6 Å². The molecule has 2 aliphatic rings. The summed E-state index contributed by atoms with van der Waals surface area (Å²) in [6.07, 6.45) is 5.30. The summed E-state index contributed by atoms with van der Waals surface area (Å²) in [6.45, 7) is 14.3. The summed E-state index contributed by atoms with van der Waals surface area (Å²) in [7, 11) is 0. The van der Waals surface area contributed by atoms with Crippen molar-refractivity contribution in [2.45, 2.75) is 77.5 Å². The van der Waals surface area contributed by atoms with Crippen LogP contribution in [0.2, 0.25) is 0 Å². The van der Waals surface area contributed by atoms with Gasteiger partial charge in [-0.3, -0.25) is 0 Å². The molecule has 1 N–H and O–H groups in total. The van der Waals surface area contributed by atoms with Crippen LogP contribution in [0.3, 0.4) is 0 Å². The number of benzene rings is 1. The molecule has 7 nitrogen and oxygen atoms in total. The average Bonchev–Trinajstić information content (AvgIpc) is 3.31. The highest BCUT2D eigenvalue weighted by molar-refractivity contribution is 5.70. The maximum atomic E-state index is 13.0. The highest BCUT2D eigenvalue weighted by Crippen LogP contribution is 2.44. The van der Waals surface area contributed by atoms with Crippen molar-refractivity contribution in [3.8, 4) is 0 Å². The van der Waals surface area contributed by atoms with Crippen LogP contribution >= 0.6 is 0 Å². The molecule has 0 aliphatic carbocycles. The van der Waals surface area contributed by atoms with E-state index in [4.69, 9.17) is 4.74 Å². The Morgan fingerprint density at radius 1 is 1.06 bits per heavy atom. The zero-order valence-corrected chi connectivity index (χ0v) is 21.3. The smallest absolute Gasteiger partial charge is 0.410 e. The fourth-order valence-corrected chi connectivity index (χ4v) is 5.07. The minimum Gasteiger partial charge on any atom is -0.444 e. The lowest BCUT2D eigenvalue weighted by atomic mass is 9.71. The van der Waals surface area contributed by atoms with Gasteiger partial charge >= 0.3 is 6.09 Å². The molecule has 3 atom stereocenters. The van der Waals surface area contributed by atoms with Crippen molar-refractivity contribution in [3.05, 3.63) is 53.3 Å². The van der Waals surface area contributed by atoms with E-state index >= 15 is 0 Å². The maximum Gasteiger partial charge on any atom is 0.410 e. The van der Waals surface area contributed by atoms with Crippen LogP contribution in [0.1, 0.15) is 77.0 Å². The molecule has 3 heterocycles. The number of hydrogen-bond acceptors (Lipinski definition) is 6. The Labute approximate surface area is 203 Å². The summed E-state index contributed by atoms with van der Waals surface area (Å²) < 4.78 is 5.66. The molecule has 4 rings (SSSR count). The Balaban J connectivity index is 1.74. The maximum absolute atomic E-state index is 13.0. The topological polar surface area (TPSA) is 78.8 Å². The molecule has 0 spiro atoms. The SMILES string of the molecule is CC(C)c1ccc(C(O)(c2cnc(N3CCCC3)nc2)C2C(C)CN2C(=O)OC(C)(C)C)cc1. The number of nitrogens with zero attached hydrogens (tertiary/aromatic N) is 4. The van der Waals surface area contributed by atoms with Crippen molar-refractivity contribution >= 4 is 12.0 Å². The molecule has 184 valence electrons. The number of amides is 1. The van der Waals surface area contributed by atoms with E-state index in [1.165, 1.54) is 5.56 Å². The largest absolute Gasteiger partial charge is 0.444 e. The van der Waals surface area contributed by atoms with Crippen molar-refractivity contribution in [1.29, 1.82) is 0 Å². The van der Waals surface area contributed by atoms with Gasteiger partial charge in [0.15, 0.2) is 0 Å². The predicted molar refractivity (Wildman–Crippen MR) is 133 cm³/mol. The van der Waals surface area contributed by atoms with Gasteiger partial charge in [0, 0.05) is 37.6 Å². The van der Waals surface area contributed by atoms with E-state index in [1.54, 1.807) is 17.3 Å². The van der Waals surface area contributed by atoms with Gasteiger partial charge < -0.3 is 19.6 Å². The van der Waals surface area contributed by atoms with Gasteiger partial charge in [-0.05, 0) is 56.6 Å². The molecule has 0 saturated carbocycles. The Morgan fingerprint density at radius 3 is 2.15 bits per heavy atom. The third-order valence-corrected chi connectivity index (χ3v) is 6.90. The summed E-state index contributed by atoms with van der Waals surface area (Å²) >= 11 is 0. The summed E-state index contributed by atoms with van der Waals surface area (Å²) in [5.41, 5.74) is 0.417. The van der Waals surface area contributed by atoms with Gasteiger partial charge in [-0.1, -0.05) is 45.0 Å². The standard InChI is InChI=1S/C27H38N4O3/c1-18(2)20-9-11-21(12-10-20)27(33,22-15-28-24(29-16-22)30-13-7-8-14-30)23-19(3)17-31(23)25(32)34-26(4,5)6/h9-12,15-16,18-19,23,33H,7-8,13-14,17H2,1-6H3. The highest BCUT2D eigenvalue weighted by atomic mass is 16.6. The molecule has 2 aromatic rings. The lowest BCUT2D eigenvalue weighted by Crippen LogP contribution is -2.67. The number of rotatable bonds is 5. The van der Waals surface area contributed by atoms with E-state index < -0.39 is 23.3 Å². The van der Waals surface area contributed by atoms with Crippen LogP contribution in [0.5, 0.6) is 0 Å². The lowest BCUT2D eigenvalue weighted by molar-refractivity contribution is -0.107. The first-order valence-electron chi connectivity index (χ1n) is 12.4. The Bertz CT molecular complexity index is 994. The molecule has 1 amide bonds. The number of ether oxygens (including phenoxy) is 1. The van der Waals surface area contributed by atoms with E-state index in [0.29, 0.717) is 24.0 Å². The van der Waals surface area contributed by atoms with Crippen molar-refractivity contribution < 1.29 is 14.6 Å². The van der Waals surface area contributed by atoms with Crippen molar-refractivity contribution in [1.82, 2.24) is 14.9 Å². The summed E-state index contributed by atoms with van der Waals surface area (Å²) in [6, 6.07) is 7.52. The zero-order chi connectivity index (χ0) is 24.7. The molecule has 0 radical (unpaired) electrons. The second-order valence-corrected chi connectivity index (χ2v) is 11.1. The van der Waals surface area contributed by atoms with E-state index in [9.17, 15) is 9.90 Å². The quantitative estimate of drug-likeness (QED) is 0.689. The van der Waals surface area contributed by atoms with Gasteiger partial charge in [-0.2, -0.15) is 0 Å². The Kier molecular flexibility index (Phi) is 6.60. The molecule has 1 aromatic heterocycles. The number of anilines is 1. The molecule has 2 saturated heterocycles. The zero-order valence-electron chi connectivity index (χ0n) is 21.3. The van der Waals surface area contributed by atoms with Gasteiger partial charge in [0.05, 0.1) is 6.04 Å². The van der Waals surface area contributed by atoms with Crippen LogP contribution in [0.15, 0.2) is 36.7 Å². The fraction of sp³-hybridized carbons (Fsp3) is 0.593.